The van der Waals surface area contributed by atoms with Crippen molar-refractivity contribution in [2.45, 2.75) is 0 Å². The minimum atomic E-state index is -0.176. The highest BCUT2D eigenvalue weighted by Crippen LogP contribution is 2.38. The number of hydrogen-bond donors (Lipinski definition) is 3. The van der Waals surface area contributed by atoms with Crippen molar-refractivity contribution in [1.29, 1.82) is 0 Å². The number of thiazole rings is 1. The second-order valence-corrected chi connectivity index (χ2v) is 4.95. The van der Waals surface area contributed by atoms with Crippen LogP contribution >= 0.6 is 11.3 Å². The van der Waals surface area contributed by atoms with Gasteiger partial charge in [-0.25, -0.2) is 4.98 Å². The summed E-state index contributed by atoms with van der Waals surface area (Å²) in [7, 11) is 0. The van der Waals surface area contributed by atoms with Gasteiger partial charge in [-0.3, -0.25) is 0 Å². The molecule has 0 atom stereocenters. The number of phenolic OH excluding ortho intramolecular Hbond substituents is 2. The van der Waals surface area contributed by atoms with Gasteiger partial charge in [0.1, 0.15) is 10.5 Å². The number of fused-ring (bicyclic) bond motifs is 1. The van der Waals surface area contributed by atoms with Crippen molar-refractivity contribution < 1.29 is 10.2 Å². The first-order valence-corrected chi connectivity index (χ1v) is 6.14. The molecular weight excluding hydrogens is 248 g/mol. The summed E-state index contributed by atoms with van der Waals surface area (Å²) >= 11 is 1.46. The standard InChI is InChI=1S/C13H10N2O2S/c14-8-3-1-7(2-4-8)13-15-11-10(18-13)6-5-9(16)12(11)17/h1-6,16-17H,14H2. The summed E-state index contributed by atoms with van der Waals surface area (Å²) in [5, 5.41) is 20.0. The molecule has 0 aliphatic rings. The van der Waals surface area contributed by atoms with E-state index in [2.05, 4.69) is 4.98 Å². The number of anilines is 1. The van der Waals surface area contributed by atoms with Gasteiger partial charge in [-0.1, -0.05) is 0 Å². The molecule has 0 spiro atoms. The van der Waals surface area contributed by atoms with E-state index in [-0.39, 0.29) is 11.5 Å². The lowest BCUT2D eigenvalue weighted by Gasteiger charge is -1.96. The molecule has 90 valence electrons. The van der Waals surface area contributed by atoms with Gasteiger partial charge >= 0.3 is 0 Å². The Hall–Kier alpha value is -2.27. The van der Waals surface area contributed by atoms with Gasteiger partial charge in [0.05, 0.1) is 4.70 Å². The number of aromatic hydroxyl groups is 2. The van der Waals surface area contributed by atoms with Crippen molar-refractivity contribution in [3.05, 3.63) is 36.4 Å². The SMILES string of the molecule is Nc1ccc(-c2nc3c(O)c(O)ccc3s2)cc1. The van der Waals surface area contributed by atoms with Crippen LogP contribution in [0, 0.1) is 0 Å². The number of phenols is 2. The second-order valence-electron chi connectivity index (χ2n) is 3.92. The van der Waals surface area contributed by atoms with Gasteiger partial charge in [-0.05, 0) is 36.4 Å². The maximum atomic E-state index is 9.74. The number of hydrogen-bond acceptors (Lipinski definition) is 5. The summed E-state index contributed by atoms with van der Waals surface area (Å²) in [6.45, 7) is 0. The molecule has 18 heavy (non-hydrogen) atoms. The zero-order chi connectivity index (χ0) is 12.7. The van der Waals surface area contributed by atoms with E-state index in [0.717, 1.165) is 15.3 Å². The summed E-state index contributed by atoms with van der Waals surface area (Å²) in [4.78, 5) is 4.34. The maximum Gasteiger partial charge on any atom is 0.185 e. The Labute approximate surface area is 107 Å². The first kappa shape index (κ1) is 10.9. The molecule has 0 aliphatic carbocycles. The molecule has 1 aromatic heterocycles. The van der Waals surface area contributed by atoms with E-state index in [1.54, 1.807) is 18.2 Å². The van der Waals surface area contributed by atoms with Gasteiger partial charge in [0, 0.05) is 11.3 Å². The minimum absolute atomic E-state index is 0.156. The van der Waals surface area contributed by atoms with Gasteiger partial charge < -0.3 is 15.9 Å². The summed E-state index contributed by atoms with van der Waals surface area (Å²) in [6.07, 6.45) is 0. The smallest absolute Gasteiger partial charge is 0.185 e. The van der Waals surface area contributed by atoms with E-state index in [4.69, 9.17) is 5.73 Å². The molecule has 0 fully saturated rings. The van der Waals surface area contributed by atoms with Crippen LogP contribution in [-0.2, 0) is 0 Å². The van der Waals surface area contributed by atoms with Crippen LogP contribution in [0.4, 0.5) is 5.69 Å². The van der Waals surface area contributed by atoms with Crippen LogP contribution in [0.1, 0.15) is 0 Å². The fourth-order valence-electron chi connectivity index (χ4n) is 1.72. The third-order valence-electron chi connectivity index (χ3n) is 2.67. The Morgan fingerprint density at radius 2 is 1.72 bits per heavy atom. The normalized spacial score (nSPS) is 10.9. The molecule has 0 saturated heterocycles. The molecule has 5 heteroatoms. The highest BCUT2D eigenvalue weighted by molar-refractivity contribution is 7.21. The third-order valence-corrected chi connectivity index (χ3v) is 3.74. The third kappa shape index (κ3) is 1.65. The Morgan fingerprint density at radius 3 is 2.44 bits per heavy atom. The van der Waals surface area contributed by atoms with Gasteiger partial charge in [-0.2, -0.15) is 0 Å². The molecule has 0 aliphatic heterocycles. The van der Waals surface area contributed by atoms with Crippen molar-refractivity contribution in [2.75, 3.05) is 5.73 Å². The molecule has 2 aromatic carbocycles. The highest BCUT2D eigenvalue weighted by Gasteiger charge is 2.12. The highest BCUT2D eigenvalue weighted by atomic mass is 32.1. The van der Waals surface area contributed by atoms with Gasteiger partial charge in [-0.15, -0.1) is 11.3 Å². The Morgan fingerprint density at radius 1 is 1.00 bits per heavy atom. The van der Waals surface area contributed by atoms with Crippen LogP contribution < -0.4 is 5.73 Å². The first-order valence-electron chi connectivity index (χ1n) is 5.32. The predicted octanol–water partition coefficient (Wildman–Crippen LogP) is 2.96. The average molecular weight is 258 g/mol. The topological polar surface area (TPSA) is 79.4 Å². The molecule has 1 heterocycles. The predicted molar refractivity (Wildman–Crippen MR) is 72.8 cm³/mol. The fraction of sp³-hybridized carbons (Fsp3) is 0. The molecule has 0 unspecified atom stereocenters. The van der Waals surface area contributed by atoms with Gasteiger partial charge in [0.2, 0.25) is 0 Å². The van der Waals surface area contributed by atoms with Crippen molar-refractivity contribution >= 4 is 27.2 Å². The molecule has 0 bridgehead atoms. The van der Waals surface area contributed by atoms with Gasteiger partial charge in [0.15, 0.2) is 11.5 Å². The van der Waals surface area contributed by atoms with E-state index in [1.165, 1.54) is 17.4 Å². The van der Waals surface area contributed by atoms with E-state index >= 15 is 0 Å². The molecule has 0 radical (unpaired) electrons. The van der Waals surface area contributed by atoms with Crippen LogP contribution in [0.15, 0.2) is 36.4 Å². The summed E-state index contributed by atoms with van der Waals surface area (Å²) < 4.78 is 0.831. The van der Waals surface area contributed by atoms with Crippen molar-refractivity contribution in [2.24, 2.45) is 0 Å². The van der Waals surface area contributed by atoms with E-state index in [0.29, 0.717) is 11.2 Å². The Balaban J connectivity index is 2.19. The number of aromatic nitrogens is 1. The van der Waals surface area contributed by atoms with Crippen LogP contribution in [0.25, 0.3) is 20.8 Å². The molecule has 0 amide bonds. The largest absolute Gasteiger partial charge is 0.504 e. The van der Waals surface area contributed by atoms with Crippen molar-refractivity contribution in [1.82, 2.24) is 4.98 Å². The summed E-state index contributed by atoms with van der Waals surface area (Å²) in [5.74, 6) is -0.331. The number of rotatable bonds is 1. The number of nitrogens with two attached hydrogens (primary N) is 1. The molecule has 3 aromatic rings. The quantitative estimate of drug-likeness (QED) is 0.463. The summed E-state index contributed by atoms with van der Waals surface area (Å²) in [6, 6.07) is 10.6. The minimum Gasteiger partial charge on any atom is -0.504 e. The maximum absolute atomic E-state index is 9.74. The summed E-state index contributed by atoms with van der Waals surface area (Å²) in [5.41, 5.74) is 7.69. The zero-order valence-corrected chi connectivity index (χ0v) is 10.1. The van der Waals surface area contributed by atoms with Gasteiger partial charge in [0.25, 0.3) is 0 Å². The van der Waals surface area contributed by atoms with Crippen LogP contribution in [0.5, 0.6) is 11.5 Å². The molecule has 3 rings (SSSR count). The van der Waals surface area contributed by atoms with E-state index in [9.17, 15) is 10.2 Å². The monoisotopic (exact) mass is 258 g/mol. The number of nitrogens with zero attached hydrogens (tertiary/aromatic N) is 1. The lowest BCUT2D eigenvalue weighted by Crippen LogP contribution is -1.83. The van der Waals surface area contributed by atoms with Crippen LogP contribution in [0.2, 0.25) is 0 Å². The zero-order valence-electron chi connectivity index (χ0n) is 9.29. The molecule has 4 nitrogen and oxygen atoms in total. The van der Waals surface area contributed by atoms with E-state index in [1.807, 2.05) is 12.1 Å². The van der Waals surface area contributed by atoms with Crippen molar-refractivity contribution in [3.8, 4) is 22.1 Å². The van der Waals surface area contributed by atoms with Crippen LogP contribution in [0.3, 0.4) is 0 Å². The Kier molecular flexibility index (Phi) is 2.34. The number of benzene rings is 2. The van der Waals surface area contributed by atoms with E-state index < -0.39 is 0 Å². The van der Waals surface area contributed by atoms with Crippen molar-refractivity contribution in [3.63, 3.8) is 0 Å². The molecule has 4 N–H and O–H groups in total. The first-order chi connectivity index (χ1) is 8.65. The molecule has 0 saturated carbocycles. The lowest BCUT2D eigenvalue weighted by molar-refractivity contribution is 0.407. The number of nitrogen functional groups attached to an aromatic ring is 1. The molecular formula is C13H10N2O2S. The van der Waals surface area contributed by atoms with Crippen LogP contribution in [-0.4, -0.2) is 15.2 Å². The average Bonchev–Trinajstić information content (AvgIpc) is 2.80. The second kappa shape index (κ2) is 3.89. The lowest BCUT2D eigenvalue weighted by atomic mass is 10.2. The fourth-order valence-corrected chi connectivity index (χ4v) is 2.69. The Bertz CT molecular complexity index is 720.